The third-order valence-corrected chi connectivity index (χ3v) is 6.02. The Morgan fingerprint density at radius 1 is 1.17 bits per heavy atom. The Morgan fingerprint density at radius 3 is 2.71 bits per heavy atom. The van der Waals surface area contributed by atoms with Crippen molar-refractivity contribution < 1.29 is 9.59 Å². The number of benzene rings is 1. The SMILES string of the molecule is CC1(NC(=O)[C@@H]2CC(=O)N(c3ccc4c(c3)CCC4)C2)CCCC1. The molecule has 1 aromatic rings. The summed E-state index contributed by atoms with van der Waals surface area (Å²) in [6, 6.07) is 6.34. The van der Waals surface area contributed by atoms with Crippen molar-refractivity contribution in [3.8, 4) is 0 Å². The molecular formula is C20H26N2O2. The minimum atomic E-state index is -0.219. The Hall–Kier alpha value is -1.84. The number of fused-ring (bicyclic) bond motifs is 1. The standard InChI is InChI=1S/C20H26N2O2/c1-20(9-2-3-10-20)21-19(24)16-12-18(23)22(13-16)17-8-7-14-5-4-6-15(14)11-17/h7-8,11,16H,2-6,9-10,12-13H2,1H3,(H,21,24)/t16-/m1/s1. The van der Waals surface area contributed by atoms with Crippen LogP contribution in [0.5, 0.6) is 0 Å². The molecule has 1 heterocycles. The van der Waals surface area contributed by atoms with Crippen LogP contribution in [0.2, 0.25) is 0 Å². The van der Waals surface area contributed by atoms with Crippen molar-refractivity contribution in [1.29, 1.82) is 0 Å². The number of aryl methyl sites for hydroxylation is 2. The molecule has 2 amide bonds. The highest BCUT2D eigenvalue weighted by Gasteiger charge is 2.38. The molecule has 3 aliphatic rings. The maximum absolute atomic E-state index is 12.6. The number of carbonyl (C=O) groups is 2. The maximum atomic E-state index is 12.6. The van der Waals surface area contributed by atoms with Crippen LogP contribution in [0, 0.1) is 5.92 Å². The minimum absolute atomic E-state index is 0.0522. The van der Waals surface area contributed by atoms with Gasteiger partial charge in [0.1, 0.15) is 0 Å². The fourth-order valence-corrected chi connectivity index (χ4v) is 4.54. The molecule has 2 fully saturated rings. The van der Waals surface area contributed by atoms with Gasteiger partial charge < -0.3 is 10.2 Å². The van der Waals surface area contributed by atoms with Gasteiger partial charge in [0.2, 0.25) is 11.8 Å². The zero-order valence-corrected chi connectivity index (χ0v) is 14.4. The Labute approximate surface area is 143 Å². The normalized spacial score (nSPS) is 25.1. The molecule has 4 heteroatoms. The molecule has 1 aromatic carbocycles. The van der Waals surface area contributed by atoms with Gasteiger partial charge in [-0.05, 0) is 62.3 Å². The van der Waals surface area contributed by atoms with E-state index >= 15 is 0 Å². The van der Waals surface area contributed by atoms with Crippen molar-refractivity contribution in [2.24, 2.45) is 5.92 Å². The largest absolute Gasteiger partial charge is 0.351 e. The molecule has 0 spiro atoms. The van der Waals surface area contributed by atoms with Gasteiger partial charge in [-0.2, -0.15) is 0 Å². The molecule has 24 heavy (non-hydrogen) atoms. The highest BCUT2D eigenvalue weighted by molar-refractivity contribution is 6.00. The lowest BCUT2D eigenvalue weighted by molar-refractivity contribution is -0.127. The number of anilines is 1. The first kappa shape index (κ1) is 15.7. The number of hydrogen-bond acceptors (Lipinski definition) is 2. The van der Waals surface area contributed by atoms with Gasteiger partial charge in [0.15, 0.2) is 0 Å². The lowest BCUT2D eigenvalue weighted by Crippen LogP contribution is -2.46. The van der Waals surface area contributed by atoms with Crippen LogP contribution in [-0.4, -0.2) is 23.9 Å². The quantitative estimate of drug-likeness (QED) is 0.928. The lowest BCUT2D eigenvalue weighted by atomic mass is 9.98. The molecule has 128 valence electrons. The van der Waals surface area contributed by atoms with Crippen LogP contribution in [0.25, 0.3) is 0 Å². The summed E-state index contributed by atoms with van der Waals surface area (Å²) in [6.07, 6.45) is 8.25. The summed E-state index contributed by atoms with van der Waals surface area (Å²) in [7, 11) is 0. The van der Waals surface area contributed by atoms with Crippen LogP contribution in [-0.2, 0) is 22.4 Å². The van der Waals surface area contributed by atoms with E-state index in [9.17, 15) is 9.59 Å². The van der Waals surface area contributed by atoms with E-state index < -0.39 is 0 Å². The van der Waals surface area contributed by atoms with Crippen molar-refractivity contribution in [1.82, 2.24) is 5.32 Å². The van der Waals surface area contributed by atoms with Gasteiger partial charge in [0, 0.05) is 24.2 Å². The monoisotopic (exact) mass is 326 g/mol. The maximum Gasteiger partial charge on any atom is 0.227 e. The second-order valence-corrected chi connectivity index (χ2v) is 7.97. The topological polar surface area (TPSA) is 49.4 Å². The van der Waals surface area contributed by atoms with Gasteiger partial charge in [-0.3, -0.25) is 9.59 Å². The Balaban J connectivity index is 1.46. The van der Waals surface area contributed by atoms with Gasteiger partial charge in [0.05, 0.1) is 5.92 Å². The number of hydrogen-bond donors (Lipinski definition) is 1. The first-order chi connectivity index (χ1) is 11.5. The summed E-state index contributed by atoms with van der Waals surface area (Å²) in [5, 5.41) is 3.21. The van der Waals surface area contributed by atoms with Crippen LogP contribution in [0.15, 0.2) is 18.2 Å². The Kier molecular flexibility index (Phi) is 3.86. The van der Waals surface area contributed by atoms with Crippen LogP contribution < -0.4 is 10.2 Å². The Morgan fingerprint density at radius 2 is 1.92 bits per heavy atom. The highest BCUT2D eigenvalue weighted by atomic mass is 16.2. The van der Waals surface area contributed by atoms with E-state index in [1.807, 2.05) is 6.07 Å². The average molecular weight is 326 g/mol. The third kappa shape index (κ3) is 2.83. The lowest BCUT2D eigenvalue weighted by Gasteiger charge is -2.27. The Bertz CT molecular complexity index is 676. The molecule has 1 aliphatic heterocycles. The molecule has 0 aromatic heterocycles. The van der Waals surface area contributed by atoms with Gasteiger partial charge in [-0.15, -0.1) is 0 Å². The van der Waals surface area contributed by atoms with E-state index in [-0.39, 0.29) is 23.3 Å². The van der Waals surface area contributed by atoms with Crippen molar-refractivity contribution in [3.05, 3.63) is 29.3 Å². The van der Waals surface area contributed by atoms with Crippen molar-refractivity contribution in [2.75, 3.05) is 11.4 Å². The molecule has 1 saturated carbocycles. The third-order valence-electron chi connectivity index (χ3n) is 6.02. The van der Waals surface area contributed by atoms with Crippen LogP contribution in [0.1, 0.15) is 56.6 Å². The summed E-state index contributed by atoms with van der Waals surface area (Å²) in [4.78, 5) is 26.9. The summed E-state index contributed by atoms with van der Waals surface area (Å²) in [5.41, 5.74) is 3.67. The molecule has 2 aliphatic carbocycles. The molecule has 0 radical (unpaired) electrons. The van der Waals surface area contributed by atoms with Gasteiger partial charge >= 0.3 is 0 Å². The van der Waals surface area contributed by atoms with E-state index in [0.717, 1.165) is 31.4 Å². The van der Waals surface area contributed by atoms with Gasteiger partial charge in [-0.25, -0.2) is 0 Å². The molecule has 1 atom stereocenters. The number of nitrogens with zero attached hydrogens (tertiary/aromatic N) is 1. The molecule has 1 saturated heterocycles. The van der Waals surface area contributed by atoms with E-state index in [4.69, 9.17) is 0 Å². The summed E-state index contributed by atoms with van der Waals surface area (Å²) >= 11 is 0. The first-order valence-electron chi connectivity index (χ1n) is 9.28. The van der Waals surface area contributed by atoms with Gasteiger partial charge in [0.25, 0.3) is 0 Å². The van der Waals surface area contributed by atoms with Crippen LogP contribution >= 0.6 is 0 Å². The number of carbonyl (C=O) groups excluding carboxylic acids is 2. The fraction of sp³-hybridized carbons (Fsp3) is 0.600. The van der Waals surface area contributed by atoms with E-state index in [0.29, 0.717) is 13.0 Å². The second kappa shape index (κ2) is 5.91. The molecular weight excluding hydrogens is 300 g/mol. The minimum Gasteiger partial charge on any atom is -0.351 e. The molecule has 0 bridgehead atoms. The van der Waals surface area contributed by atoms with Crippen LogP contribution in [0.3, 0.4) is 0 Å². The fourth-order valence-electron chi connectivity index (χ4n) is 4.54. The average Bonchev–Trinajstić information content (AvgIpc) is 3.26. The number of rotatable bonds is 3. The molecule has 1 N–H and O–H groups in total. The highest BCUT2D eigenvalue weighted by Crippen LogP contribution is 2.32. The number of nitrogens with one attached hydrogen (secondary N) is 1. The van der Waals surface area contributed by atoms with Crippen molar-refractivity contribution in [3.63, 3.8) is 0 Å². The predicted molar refractivity (Wildman–Crippen MR) is 93.9 cm³/mol. The van der Waals surface area contributed by atoms with E-state index in [1.165, 1.54) is 30.4 Å². The zero-order valence-electron chi connectivity index (χ0n) is 14.4. The predicted octanol–water partition coefficient (Wildman–Crippen LogP) is 2.98. The van der Waals surface area contributed by atoms with Gasteiger partial charge in [-0.1, -0.05) is 18.9 Å². The number of amides is 2. The first-order valence-corrected chi connectivity index (χ1v) is 9.28. The summed E-state index contributed by atoms with van der Waals surface area (Å²) in [5.74, 6) is -0.0933. The molecule has 4 rings (SSSR count). The second-order valence-electron chi connectivity index (χ2n) is 7.97. The van der Waals surface area contributed by atoms with E-state index in [1.54, 1.807) is 4.90 Å². The summed E-state index contributed by atoms with van der Waals surface area (Å²) in [6.45, 7) is 2.65. The van der Waals surface area contributed by atoms with Crippen molar-refractivity contribution >= 4 is 17.5 Å². The zero-order chi connectivity index (χ0) is 16.7. The van der Waals surface area contributed by atoms with E-state index in [2.05, 4.69) is 24.4 Å². The van der Waals surface area contributed by atoms with Crippen LogP contribution in [0.4, 0.5) is 5.69 Å². The smallest absolute Gasteiger partial charge is 0.227 e. The molecule has 0 unspecified atom stereocenters. The molecule has 4 nitrogen and oxygen atoms in total. The summed E-state index contributed by atoms with van der Waals surface area (Å²) < 4.78 is 0. The van der Waals surface area contributed by atoms with Crippen molar-refractivity contribution in [2.45, 2.75) is 63.8 Å².